The monoisotopic (exact) mass is 446 g/mol. The zero-order valence-corrected chi connectivity index (χ0v) is 18.6. The minimum atomic E-state index is -3.52. The van der Waals surface area contributed by atoms with Crippen LogP contribution in [0.3, 0.4) is 0 Å². The molecule has 0 saturated carbocycles. The molecule has 0 unspecified atom stereocenters. The van der Waals surface area contributed by atoms with Gasteiger partial charge in [-0.05, 0) is 50.5 Å². The van der Waals surface area contributed by atoms with Gasteiger partial charge in [-0.1, -0.05) is 12.1 Å². The zero-order valence-electron chi connectivity index (χ0n) is 17.0. The number of aromatic nitrogens is 2. The van der Waals surface area contributed by atoms with E-state index in [9.17, 15) is 13.2 Å². The van der Waals surface area contributed by atoms with E-state index in [0.29, 0.717) is 30.1 Å². The van der Waals surface area contributed by atoms with Crippen molar-refractivity contribution in [3.05, 3.63) is 47.6 Å². The Kier molecular flexibility index (Phi) is 6.21. The van der Waals surface area contributed by atoms with E-state index in [1.807, 2.05) is 43.6 Å². The molecule has 1 N–H and O–H groups in total. The van der Waals surface area contributed by atoms with Crippen LogP contribution in [0.15, 0.2) is 46.9 Å². The van der Waals surface area contributed by atoms with Crippen LogP contribution in [0.5, 0.6) is 0 Å². The van der Waals surface area contributed by atoms with Crippen molar-refractivity contribution in [1.82, 2.24) is 19.2 Å². The first-order valence-corrected chi connectivity index (χ1v) is 12.4. The minimum Gasteiger partial charge on any atom is -0.356 e. The molecule has 1 amide bonds. The number of amides is 1. The quantitative estimate of drug-likeness (QED) is 0.566. The molecule has 4 rings (SSSR count). The number of imidazole rings is 1. The Hall–Kier alpha value is -2.23. The Balaban J connectivity index is 1.29. The highest BCUT2D eigenvalue weighted by Crippen LogP contribution is 2.28. The lowest BCUT2D eigenvalue weighted by molar-refractivity contribution is -0.126. The standard InChI is InChI=1S/C21H26N4O3S2/c1-16-9-10-20(29-16)30(27,28)25-13-4-6-17(14-25)21(26)22-11-5-12-24-15-23-18-7-2-3-8-19(18)24/h2-3,7-10,15,17H,4-6,11-14H2,1H3,(H,22,26)/t17-/m1/s1. The van der Waals surface area contributed by atoms with E-state index in [1.165, 1.54) is 15.6 Å². The molecule has 1 fully saturated rings. The van der Waals surface area contributed by atoms with Crippen LogP contribution in [0.4, 0.5) is 0 Å². The number of carbonyl (C=O) groups excluding carboxylic acids is 1. The van der Waals surface area contributed by atoms with Gasteiger partial charge in [0.05, 0.1) is 23.3 Å². The molecule has 1 aromatic carbocycles. The van der Waals surface area contributed by atoms with Crippen LogP contribution < -0.4 is 5.32 Å². The van der Waals surface area contributed by atoms with E-state index in [1.54, 1.807) is 6.07 Å². The normalized spacial score (nSPS) is 18.0. The fourth-order valence-corrected chi connectivity index (χ4v) is 6.81. The molecule has 0 bridgehead atoms. The number of fused-ring (bicyclic) bond motifs is 1. The first kappa shape index (κ1) is 21.0. The summed E-state index contributed by atoms with van der Waals surface area (Å²) >= 11 is 1.28. The summed E-state index contributed by atoms with van der Waals surface area (Å²) in [6.45, 7) is 3.93. The molecule has 30 heavy (non-hydrogen) atoms. The van der Waals surface area contributed by atoms with Crippen LogP contribution >= 0.6 is 11.3 Å². The highest BCUT2D eigenvalue weighted by atomic mass is 32.2. The van der Waals surface area contributed by atoms with Crippen molar-refractivity contribution in [3.8, 4) is 0 Å². The number of aryl methyl sites for hydroxylation is 2. The molecule has 3 heterocycles. The van der Waals surface area contributed by atoms with Crippen LogP contribution in [-0.4, -0.2) is 47.8 Å². The summed E-state index contributed by atoms with van der Waals surface area (Å²) in [7, 11) is -3.52. The maximum Gasteiger partial charge on any atom is 0.252 e. The summed E-state index contributed by atoms with van der Waals surface area (Å²) in [4.78, 5) is 18.0. The topological polar surface area (TPSA) is 84.3 Å². The molecule has 0 radical (unpaired) electrons. The Labute approximate surface area is 180 Å². The number of thiophene rings is 1. The van der Waals surface area contributed by atoms with Gasteiger partial charge < -0.3 is 9.88 Å². The van der Waals surface area contributed by atoms with Crippen LogP contribution in [0, 0.1) is 12.8 Å². The largest absolute Gasteiger partial charge is 0.356 e. The molecular formula is C21H26N4O3S2. The Morgan fingerprint density at radius 3 is 2.90 bits per heavy atom. The lowest BCUT2D eigenvalue weighted by atomic mass is 9.99. The van der Waals surface area contributed by atoms with Crippen LogP contribution in [0.2, 0.25) is 0 Å². The highest BCUT2D eigenvalue weighted by molar-refractivity contribution is 7.91. The van der Waals surface area contributed by atoms with Crippen molar-refractivity contribution in [2.75, 3.05) is 19.6 Å². The van der Waals surface area contributed by atoms with Crippen molar-refractivity contribution < 1.29 is 13.2 Å². The molecule has 1 atom stereocenters. The Morgan fingerprint density at radius 2 is 2.10 bits per heavy atom. The summed E-state index contributed by atoms with van der Waals surface area (Å²) in [5, 5.41) is 2.99. The van der Waals surface area contributed by atoms with Gasteiger partial charge in [0, 0.05) is 31.1 Å². The predicted molar refractivity (Wildman–Crippen MR) is 118 cm³/mol. The number of sulfonamides is 1. The zero-order chi connectivity index (χ0) is 21.1. The predicted octanol–water partition coefficient (Wildman–Crippen LogP) is 3.01. The van der Waals surface area contributed by atoms with Crippen LogP contribution in [-0.2, 0) is 21.4 Å². The first-order chi connectivity index (χ1) is 14.4. The van der Waals surface area contributed by atoms with E-state index >= 15 is 0 Å². The van der Waals surface area contributed by atoms with E-state index in [4.69, 9.17) is 0 Å². The van der Waals surface area contributed by atoms with Gasteiger partial charge in [-0.25, -0.2) is 13.4 Å². The lowest BCUT2D eigenvalue weighted by Crippen LogP contribution is -2.45. The Morgan fingerprint density at radius 1 is 1.27 bits per heavy atom. The molecule has 1 aliphatic heterocycles. The van der Waals surface area contributed by atoms with Crippen molar-refractivity contribution >= 4 is 38.3 Å². The summed E-state index contributed by atoms with van der Waals surface area (Å²) in [5.74, 6) is -0.364. The summed E-state index contributed by atoms with van der Waals surface area (Å²) in [5.41, 5.74) is 2.05. The average Bonchev–Trinajstić information content (AvgIpc) is 3.38. The van der Waals surface area contributed by atoms with Gasteiger partial charge in [-0.15, -0.1) is 11.3 Å². The molecule has 7 nitrogen and oxygen atoms in total. The van der Waals surface area contributed by atoms with E-state index in [2.05, 4.69) is 14.9 Å². The van der Waals surface area contributed by atoms with Gasteiger partial charge in [0.25, 0.3) is 10.0 Å². The van der Waals surface area contributed by atoms with Crippen molar-refractivity contribution in [2.24, 2.45) is 5.92 Å². The minimum absolute atomic E-state index is 0.0623. The summed E-state index contributed by atoms with van der Waals surface area (Å²) in [6, 6.07) is 11.4. The van der Waals surface area contributed by atoms with Gasteiger partial charge in [0.2, 0.25) is 5.91 Å². The number of piperidine rings is 1. The summed E-state index contributed by atoms with van der Waals surface area (Å²) in [6.07, 6.45) is 4.02. The number of hydrogen-bond donors (Lipinski definition) is 1. The smallest absolute Gasteiger partial charge is 0.252 e. The van der Waals surface area contributed by atoms with Crippen LogP contribution in [0.1, 0.15) is 24.1 Å². The van der Waals surface area contributed by atoms with Gasteiger partial charge in [-0.2, -0.15) is 4.31 Å². The third-order valence-electron chi connectivity index (χ3n) is 5.47. The third kappa shape index (κ3) is 4.43. The molecule has 9 heteroatoms. The lowest BCUT2D eigenvalue weighted by Gasteiger charge is -2.30. The van der Waals surface area contributed by atoms with Gasteiger partial charge in [0.15, 0.2) is 0 Å². The SMILES string of the molecule is Cc1ccc(S(=O)(=O)N2CCC[C@@H](C(=O)NCCCn3cnc4ccccc43)C2)s1. The van der Waals surface area contributed by atoms with E-state index < -0.39 is 10.0 Å². The maximum absolute atomic E-state index is 12.9. The molecule has 0 aliphatic carbocycles. The van der Waals surface area contributed by atoms with Crippen molar-refractivity contribution in [1.29, 1.82) is 0 Å². The number of carbonyl (C=O) groups is 1. The van der Waals surface area contributed by atoms with Crippen molar-refractivity contribution in [3.63, 3.8) is 0 Å². The summed E-state index contributed by atoms with van der Waals surface area (Å²) < 4.78 is 29.6. The first-order valence-electron chi connectivity index (χ1n) is 10.2. The second-order valence-electron chi connectivity index (χ2n) is 7.64. The van der Waals surface area contributed by atoms with E-state index in [-0.39, 0.29) is 18.4 Å². The maximum atomic E-state index is 12.9. The van der Waals surface area contributed by atoms with Gasteiger partial charge in [0.1, 0.15) is 4.21 Å². The fourth-order valence-electron chi connectivity index (χ4n) is 3.85. The highest BCUT2D eigenvalue weighted by Gasteiger charge is 2.33. The molecule has 2 aromatic heterocycles. The number of nitrogens with one attached hydrogen (secondary N) is 1. The number of nitrogens with zero attached hydrogens (tertiary/aromatic N) is 3. The molecule has 1 aliphatic rings. The third-order valence-corrected chi connectivity index (χ3v) is 8.80. The molecule has 3 aromatic rings. The van der Waals surface area contributed by atoms with Crippen molar-refractivity contribution in [2.45, 2.75) is 36.9 Å². The fraction of sp³-hybridized carbons (Fsp3) is 0.429. The van der Waals surface area contributed by atoms with Gasteiger partial charge >= 0.3 is 0 Å². The number of rotatable bonds is 7. The van der Waals surface area contributed by atoms with E-state index in [0.717, 1.165) is 28.9 Å². The second-order valence-corrected chi connectivity index (χ2v) is 11.1. The molecule has 1 saturated heterocycles. The molecule has 160 valence electrons. The second kappa shape index (κ2) is 8.87. The number of para-hydroxylation sites is 2. The molecular weight excluding hydrogens is 420 g/mol. The van der Waals surface area contributed by atoms with Gasteiger partial charge in [-0.3, -0.25) is 4.79 Å². The average molecular weight is 447 g/mol. The number of hydrogen-bond acceptors (Lipinski definition) is 5. The Bertz CT molecular complexity index is 1140. The number of benzene rings is 1. The molecule has 0 spiro atoms. The van der Waals surface area contributed by atoms with Crippen LogP contribution in [0.25, 0.3) is 11.0 Å².